The molecule has 2 N–H and O–H groups in total. The average molecular weight is 177 g/mol. The number of nitrogens with two attached hydrogens (primary N) is 1. The number of rotatable bonds is 2. The van der Waals surface area contributed by atoms with E-state index in [0.29, 0.717) is 12.0 Å². The maximum Gasteiger partial charge on any atom is 0.128 e. The van der Waals surface area contributed by atoms with Crippen LogP contribution in [0.5, 0.6) is 0 Å². The third-order valence-corrected chi connectivity index (χ3v) is 1.89. The molecule has 1 rings (SSSR count). The van der Waals surface area contributed by atoms with Gasteiger partial charge >= 0.3 is 0 Å². The van der Waals surface area contributed by atoms with Gasteiger partial charge in [0, 0.05) is 18.0 Å². The van der Waals surface area contributed by atoms with Crippen LogP contribution in [-0.2, 0) is 0 Å². The van der Waals surface area contributed by atoms with Crippen LogP contribution < -0.4 is 5.73 Å². The maximum atomic E-state index is 13.3. The molecule has 0 bridgehead atoms. The van der Waals surface area contributed by atoms with Gasteiger partial charge in [-0.25, -0.2) is 4.39 Å². The average Bonchev–Trinajstić information content (AvgIpc) is 2.04. The van der Waals surface area contributed by atoms with Crippen LogP contribution in [-0.4, -0.2) is 0 Å². The number of halogens is 1. The molecule has 13 heavy (non-hydrogen) atoms. The fourth-order valence-corrected chi connectivity index (χ4v) is 1.17. The number of hydrogen-bond donors (Lipinski definition) is 1. The lowest BCUT2D eigenvalue weighted by atomic mass is 10.0. The van der Waals surface area contributed by atoms with Gasteiger partial charge in [-0.1, -0.05) is 12.1 Å². The Morgan fingerprint density at radius 1 is 1.62 bits per heavy atom. The van der Waals surface area contributed by atoms with Crippen LogP contribution in [0.25, 0.3) is 0 Å². The Bertz CT molecular complexity index is 338. The Morgan fingerprint density at radius 3 is 2.85 bits per heavy atom. The van der Waals surface area contributed by atoms with E-state index in [1.807, 2.05) is 13.0 Å². The van der Waals surface area contributed by atoms with Gasteiger partial charge in [-0.15, -0.1) is 12.3 Å². The number of aryl methyl sites for hydroxylation is 1. The van der Waals surface area contributed by atoms with Crippen molar-refractivity contribution in [3.05, 3.63) is 35.1 Å². The predicted octanol–water partition coefficient (Wildman–Crippen LogP) is 2.16. The van der Waals surface area contributed by atoms with Crippen LogP contribution in [0, 0.1) is 25.1 Å². The van der Waals surface area contributed by atoms with Gasteiger partial charge in [0.25, 0.3) is 0 Å². The first-order valence-corrected chi connectivity index (χ1v) is 4.10. The molecule has 68 valence electrons. The molecule has 2 heteroatoms. The minimum absolute atomic E-state index is 0.275. The maximum absolute atomic E-state index is 13.3. The number of hydrogen-bond acceptors (Lipinski definition) is 1. The van der Waals surface area contributed by atoms with Gasteiger partial charge in [0.1, 0.15) is 5.82 Å². The minimum atomic E-state index is -0.398. The standard InChI is InChI=1S/C11H12FN/c1-3-4-11(13)9-6-5-8(2)7-10(9)12/h1,5-7,11H,4,13H2,2H3. The van der Waals surface area contributed by atoms with E-state index in [1.165, 1.54) is 6.07 Å². The minimum Gasteiger partial charge on any atom is -0.323 e. The highest BCUT2D eigenvalue weighted by Crippen LogP contribution is 2.18. The van der Waals surface area contributed by atoms with Crippen molar-refractivity contribution in [3.63, 3.8) is 0 Å². The second-order valence-electron chi connectivity index (χ2n) is 3.04. The summed E-state index contributed by atoms with van der Waals surface area (Å²) >= 11 is 0. The molecule has 1 aromatic rings. The van der Waals surface area contributed by atoms with E-state index in [0.717, 1.165) is 5.56 Å². The number of benzene rings is 1. The van der Waals surface area contributed by atoms with Crippen molar-refractivity contribution >= 4 is 0 Å². The molecule has 0 saturated heterocycles. The largest absolute Gasteiger partial charge is 0.323 e. The molecule has 0 aliphatic heterocycles. The molecule has 0 amide bonds. The molecule has 1 atom stereocenters. The van der Waals surface area contributed by atoms with Gasteiger partial charge < -0.3 is 5.73 Å². The topological polar surface area (TPSA) is 26.0 Å². The van der Waals surface area contributed by atoms with Gasteiger partial charge in [0.2, 0.25) is 0 Å². The molecule has 1 nitrogen and oxygen atoms in total. The Kier molecular flexibility index (Phi) is 3.05. The first-order valence-electron chi connectivity index (χ1n) is 4.10. The Morgan fingerprint density at radius 2 is 2.31 bits per heavy atom. The normalized spacial score (nSPS) is 12.2. The monoisotopic (exact) mass is 177 g/mol. The quantitative estimate of drug-likeness (QED) is 0.688. The lowest BCUT2D eigenvalue weighted by molar-refractivity contribution is 0.584. The third kappa shape index (κ3) is 2.30. The highest BCUT2D eigenvalue weighted by molar-refractivity contribution is 5.26. The zero-order valence-electron chi connectivity index (χ0n) is 7.55. The van der Waals surface area contributed by atoms with Crippen LogP contribution in [0.15, 0.2) is 18.2 Å². The molecule has 1 unspecified atom stereocenters. The summed E-state index contributed by atoms with van der Waals surface area (Å²) in [6.07, 6.45) is 5.46. The van der Waals surface area contributed by atoms with Gasteiger partial charge in [0.15, 0.2) is 0 Å². The first-order chi connectivity index (χ1) is 6.15. The molecule has 0 aliphatic carbocycles. The summed E-state index contributed by atoms with van der Waals surface area (Å²) in [7, 11) is 0. The van der Waals surface area contributed by atoms with E-state index < -0.39 is 6.04 Å². The smallest absolute Gasteiger partial charge is 0.128 e. The molecule has 0 heterocycles. The van der Waals surface area contributed by atoms with Crippen LogP contribution in [0.1, 0.15) is 23.6 Å². The summed E-state index contributed by atoms with van der Waals surface area (Å²) in [5.41, 5.74) is 7.05. The van der Waals surface area contributed by atoms with E-state index in [2.05, 4.69) is 5.92 Å². The molecule has 0 radical (unpaired) electrons. The lowest BCUT2D eigenvalue weighted by Gasteiger charge is -2.09. The van der Waals surface area contributed by atoms with Crippen molar-refractivity contribution in [2.24, 2.45) is 5.73 Å². The van der Waals surface area contributed by atoms with Crippen molar-refractivity contribution in [1.29, 1.82) is 0 Å². The molecule has 0 aromatic heterocycles. The molecule has 0 spiro atoms. The Labute approximate surface area is 77.8 Å². The van der Waals surface area contributed by atoms with Crippen LogP contribution >= 0.6 is 0 Å². The van der Waals surface area contributed by atoms with Crippen LogP contribution in [0.2, 0.25) is 0 Å². The van der Waals surface area contributed by atoms with E-state index in [4.69, 9.17) is 12.2 Å². The van der Waals surface area contributed by atoms with E-state index in [1.54, 1.807) is 6.07 Å². The molecular weight excluding hydrogens is 165 g/mol. The molecule has 0 fully saturated rings. The van der Waals surface area contributed by atoms with E-state index in [-0.39, 0.29) is 5.82 Å². The zero-order valence-corrected chi connectivity index (χ0v) is 7.55. The van der Waals surface area contributed by atoms with Gasteiger partial charge in [-0.3, -0.25) is 0 Å². The van der Waals surface area contributed by atoms with Crippen LogP contribution in [0.3, 0.4) is 0 Å². The molecule has 1 aromatic carbocycles. The van der Waals surface area contributed by atoms with Crippen molar-refractivity contribution < 1.29 is 4.39 Å². The summed E-state index contributed by atoms with van der Waals surface area (Å²) in [5.74, 6) is 2.14. The summed E-state index contributed by atoms with van der Waals surface area (Å²) in [5, 5.41) is 0. The number of terminal acetylenes is 1. The van der Waals surface area contributed by atoms with Gasteiger partial charge in [0.05, 0.1) is 0 Å². The van der Waals surface area contributed by atoms with Crippen molar-refractivity contribution in [2.45, 2.75) is 19.4 Å². The zero-order chi connectivity index (χ0) is 9.84. The summed E-state index contributed by atoms with van der Waals surface area (Å²) in [6, 6.07) is 4.58. The van der Waals surface area contributed by atoms with Gasteiger partial charge in [-0.2, -0.15) is 0 Å². The SMILES string of the molecule is C#CCC(N)c1ccc(C)cc1F. The fraction of sp³-hybridized carbons (Fsp3) is 0.273. The second kappa shape index (κ2) is 4.06. The highest BCUT2D eigenvalue weighted by atomic mass is 19.1. The predicted molar refractivity (Wildman–Crippen MR) is 51.5 cm³/mol. The van der Waals surface area contributed by atoms with E-state index in [9.17, 15) is 4.39 Å². The van der Waals surface area contributed by atoms with Crippen molar-refractivity contribution in [3.8, 4) is 12.3 Å². The first kappa shape index (κ1) is 9.76. The molecular formula is C11H12FN. The Hall–Kier alpha value is -1.33. The molecule has 0 saturated carbocycles. The fourth-order valence-electron chi connectivity index (χ4n) is 1.17. The summed E-state index contributed by atoms with van der Waals surface area (Å²) in [6.45, 7) is 1.83. The summed E-state index contributed by atoms with van der Waals surface area (Å²) in [4.78, 5) is 0. The van der Waals surface area contributed by atoms with E-state index >= 15 is 0 Å². The third-order valence-electron chi connectivity index (χ3n) is 1.89. The Balaban J connectivity index is 2.96. The van der Waals surface area contributed by atoms with Crippen LogP contribution in [0.4, 0.5) is 4.39 Å². The lowest BCUT2D eigenvalue weighted by Crippen LogP contribution is -2.11. The molecule has 0 aliphatic rings. The van der Waals surface area contributed by atoms with Gasteiger partial charge in [-0.05, 0) is 18.6 Å². The summed E-state index contributed by atoms with van der Waals surface area (Å²) < 4.78 is 13.3. The van der Waals surface area contributed by atoms with Crippen molar-refractivity contribution in [2.75, 3.05) is 0 Å². The van der Waals surface area contributed by atoms with Crippen molar-refractivity contribution in [1.82, 2.24) is 0 Å². The highest BCUT2D eigenvalue weighted by Gasteiger charge is 2.09. The second-order valence-corrected chi connectivity index (χ2v) is 3.04.